The SMILES string of the molecule is CC(C)c1ccc([C@@H]2SCCN2C(=O)Nc2ccc(F)c(Cl)c2)cc1. The summed E-state index contributed by atoms with van der Waals surface area (Å²) in [4.78, 5) is 14.4. The quantitative estimate of drug-likeness (QED) is 0.723. The first-order valence-corrected chi connectivity index (χ1v) is 9.62. The first-order chi connectivity index (χ1) is 12.0. The lowest BCUT2D eigenvalue weighted by atomic mass is 10.0. The highest BCUT2D eigenvalue weighted by Crippen LogP contribution is 2.38. The Labute approximate surface area is 156 Å². The largest absolute Gasteiger partial charge is 0.323 e. The van der Waals surface area contributed by atoms with E-state index in [9.17, 15) is 9.18 Å². The molecule has 3 rings (SSSR count). The van der Waals surface area contributed by atoms with E-state index in [1.165, 1.54) is 23.8 Å². The summed E-state index contributed by atoms with van der Waals surface area (Å²) in [6.45, 7) is 4.99. The van der Waals surface area contributed by atoms with E-state index in [0.717, 1.165) is 11.3 Å². The number of amides is 2. The highest BCUT2D eigenvalue weighted by molar-refractivity contribution is 7.99. The molecule has 1 N–H and O–H groups in total. The van der Waals surface area contributed by atoms with E-state index in [-0.39, 0.29) is 16.4 Å². The molecule has 6 heteroatoms. The van der Waals surface area contributed by atoms with Crippen LogP contribution in [-0.4, -0.2) is 23.2 Å². The van der Waals surface area contributed by atoms with Gasteiger partial charge in [0.2, 0.25) is 0 Å². The number of rotatable bonds is 3. The Kier molecular flexibility index (Phi) is 5.54. The van der Waals surface area contributed by atoms with Gasteiger partial charge in [0.1, 0.15) is 11.2 Å². The van der Waals surface area contributed by atoms with Crippen molar-refractivity contribution in [3.63, 3.8) is 0 Å². The molecule has 2 amide bonds. The van der Waals surface area contributed by atoms with Gasteiger partial charge in [-0.1, -0.05) is 49.7 Å². The maximum absolute atomic E-state index is 13.3. The van der Waals surface area contributed by atoms with E-state index in [2.05, 4.69) is 43.4 Å². The molecule has 0 bridgehead atoms. The summed E-state index contributed by atoms with van der Waals surface area (Å²) < 4.78 is 13.3. The van der Waals surface area contributed by atoms with Crippen LogP contribution in [0.5, 0.6) is 0 Å². The smallest absolute Gasteiger partial charge is 0.308 e. The molecule has 0 aromatic heterocycles. The van der Waals surface area contributed by atoms with Gasteiger partial charge in [0.15, 0.2) is 0 Å². The number of anilines is 1. The number of thioether (sulfide) groups is 1. The summed E-state index contributed by atoms with van der Waals surface area (Å²) in [5.74, 6) is 0.862. The highest BCUT2D eigenvalue weighted by Gasteiger charge is 2.30. The third-order valence-electron chi connectivity index (χ3n) is 4.21. The molecule has 0 aliphatic carbocycles. The zero-order valence-corrected chi connectivity index (χ0v) is 15.7. The maximum atomic E-state index is 13.3. The van der Waals surface area contributed by atoms with Gasteiger partial charge in [-0.25, -0.2) is 9.18 Å². The van der Waals surface area contributed by atoms with Crippen molar-refractivity contribution in [2.75, 3.05) is 17.6 Å². The van der Waals surface area contributed by atoms with Gasteiger partial charge in [0.05, 0.1) is 5.02 Å². The van der Waals surface area contributed by atoms with Gasteiger partial charge in [-0.2, -0.15) is 0 Å². The van der Waals surface area contributed by atoms with Crippen LogP contribution in [0.1, 0.15) is 36.3 Å². The Morgan fingerprint density at radius 3 is 2.64 bits per heavy atom. The summed E-state index contributed by atoms with van der Waals surface area (Å²) in [6.07, 6.45) is 0. The second-order valence-corrected chi connectivity index (χ2v) is 7.89. The topological polar surface area (TPSA) is 32.3 Å². The molecule has 1 saturated heterocycles. The maximum Gasteiger partial charge on any atom is 0.323 e. The van der Waals surface area contributed by atoms with Crippen molar-refractivity contribution in [2.45, 2.75) is 25.1 Å². The van der Waals surface area contributed by atoms with Crippen LogP contribution in [0.2, 0.25) is 5.02 Å². The predicted molar refractivity (Wildman–Crippen MR) is 103 cm³/mol. The summed E-state index contributed by atoms with van der Waals surface area (Å²) in [5.41, 5.74) is 2.88. The molecule has 25 heavy (non-hydrogen) atoms. The molecule has 0 spiro atoms. The summed E-state index contributed by atoms with van der Waals surface area (Å²) in [7, 11) is 0. The van der Waals surface area contributed by atoms with Crippen molar-refractivity contribution in [3.05, 3.63) is 64.4 Å². The van der Waals surface area contributed by atoms with E-state index in [0.29, 0.717) is 18.2 Å². The normalized spacial score (nSPS) is 17.2. The number of nitrogens with one attached hydrogen (secondary N) is 1. The standard InChI is InChI=1S/C19H20ClFN2OS/c1-12(2)13-3-5-14(6-4-13)18-23(9-10-25-18)19(24)22-15-7-8-17(21)16(20)11-15/h3-8,11-12,18H,9-10H2,1-2H3,(H,22,24)/t18-/m0/s1. The van der Waals surface area contributed by atoms with Gasteiger partial charge in [0, 0.05) is 18.0 Å². The van der Waals surface area contributed by atoms with E-state index in [4.69, 9.17) is 11.6 Å². The van der Waals surface area contributed by atoms with Crippen LogP contribution in [0, 0.1) is 5.82 Å². The third kappa shape index (κ3) is 4.10. The Bertz CT molecular complexity index is 767. The Morgan fingerprint density at radius 2 is 2.00 bits per heavy atom. The van der Waals surface area contributed by atoms with Crippen LogP contribution >= 0.6 is 23.4 Å². The number of hydrogen-bond donors (Lipinski definition) is 1. The number of urea groups is 1. The number of nitrogens with zero attached hydrogens (tertiary/aromatic N) is 1. The zero-order chi connectivity index (χ0) is 18.0. The molecule has 132 valence electrons. The first-order valence-electron chi connectivity index (χ1n) is 8.20. The molecule has 1 atom stereocenters. The van der Waals surface area contributed by atoms with Gasteiger partial charge in [-0.05, 0) is 35.2 Å². The number of carbonyl (C=O) groups is 1. The third-order valence-corrected chi connectivity index (χ3v) is 5.76. The van der Waals surface area contributed by atoms with Gasteiger partial charge in [-0.15, -0.1) is 11.8 Å². The summed E-state index contributed by atoms with van der Waals surface area (Å²) >= 11 is 7.52. The van der Waals surface area contributed by atoms with E-state index >= 15 is 0 Å². The lowest BCUT2D eigenvalue weighted by Crippen LogP contribution is -2.34. The van der Waals surface area contributed by atoms with E-state index in [1.807, 2.05) is 0 Å². The second kappa shape index (κ2) is 7.67. The van der Waals surface area contributed by atoms with Crippen LogP contribution in [0.4, 0.5) is 14.9 Å². The number of benzene rings is 2. The molecule has 0 saturated carbocycles. The molecule has 0 unspecified atom stereocenters. The fraction of sp³-hybridized carbons (Fsp3) is 0.316. The average molecular weight is 379 g/mol. The molecular weight excluding hydrogens is 359 g/mol. The molecule has 2 aromatic rings. The van der Waals surface area contributed by atoms with Crippen LogP contribution in [0.3, 0.4) is 0 Å². The molecule has 1 fully saturated rings. The first kappa shape index (κ1) is 18.1. The van der Waals surface area contributed by atoms with E-state index in [1.54, 1.807) is 16.7 Å². The van der Waals surface area contributed by atoms with Crippen LogP contribution < -0.4 is 5.32 Å². The highest BCUT2D eigenvalue weighted by atomic mass is 35.5. The summed E-state index contributed by atoms with van der Waals surface area (Å²) in [5, 5.41) is 2.78. The van der Waals surface area contributed by atoms with Crippen molar-refractivity contribution in [2.24, 2.45) is 0 Å². The fourth-order valence-electron chi connectivity index (χ4n) is 2.77. The Balaban J connectivity index is 1.74. The lowest BCUT2D eigenvalue weighted by Gasteiger charge is -2.25. The van der Waals surface area contributed by atoms with Crippen LogP contribution in [0.15, 0.2) is 42.5 Å². The van der Waals surface area contributed by atoms with Crippen molar-refractivity contribution < 1.29 is 9.18 Å². The van der Waals surface area contributed by atoms with Gasteiger partial charge >= 0.3 is 6.03 Å². The minimum atomic E-state index is -0.500. The van der Waals surface area contributed by atoms with Gasteiger partial charge < -0.3 is 10.2 Å². The van der Waals surface area contributed by atoms with Crippen molar-refractivity contribution in [1.29, 1.82) is 0 Å². The van der Waals surface area contributed by atoms with Crippen molar-refractivity contribution in [1.82, 2.24) is 4.90 Å². The fourth-order valence-corrected chi connectivity index (χ4v) is 4.21. The molecule has 3 nitrogen and oxygen atoms in total. The number of carbonyl (C=O) groups excluding carboxylic acids is 1. The monoisotopic (exact) mass is 378 g/mol. The number of hydrogen-bond acceptors (Lipinski definition) is 2. The van der Waals surface area contributed by atoms with Gasteiger partial charge in [0.25, 0.3) is 0 Å². The van der Waals surface area contributed by atoms with Crippen LogP contribution in [-0.2, 0) is 0 Å². The predicted octanol–water partition coefficient (Wildman–Crippen LogP) is 5.88. The van der Waals surface area contributed by atoms with Crippen molar-refractivity contribution in [3.8, 4) is 0 Å². The molecule has 2 aromatic carbocycles. The minimum absolute atomic E-state index is 0.00517. The molecule has 1 heterocycles. The molecule has 1 aliphatic rings. The van der Waals surface area contributed by atoms with Crippen molar-refractivity contribution >= 4 is 35.1 Å². The average Bonchev–Trinajstić information content (AvgIpc) is 3.08. The molecule has 1 aliphatic heterocycles. The van der Waals surface area contributed by atoms with E-state index < -0.39 is 5.82 Å². The summed E-state index contributed by atoms with van der Waals surface area (Å²) in [6, 6.07) is 12.4. The zero-order valence-electron chi connectivity index (χ0n) is 14.1. The minimum Gasteiger partial charge on any atom is -0.308 e. The van der Waals surface area contributed by atoms with Gasteiger partial charge in [-0.3, -0.25) is 0 Å². The molecule has 0 radical (unpaired) electrons. The molecular formula is C19H20ClFN2OS. The Hall–Kier alpha value is -1.72. The second-order valence-electron chi connectivity index (χ2n) is 6.30. The lowest BCUT2D eigenvalue weighted by molar-refractivity contribution is 0.214. The number of halogens is 2. The Morgan fingerprint density at radius 1 is 1.28 bits per heavy atom. The van der Waals surface area contributed by atoms with Crippen LogP contribution in [0.25, 0.3) is 0 Å².